The summed E-state index contributed by atoms with van der Waals surface area (Å²) in [4.78, 5) is 30.2. The number of fused-ring (bicyclic) bond motifs is 2. The van der Waals surface area contributed by atoms with Crippen LogP contribution >= 0.6 is 0 Å². The number of hydrogen-bond acceptors (Lipinski definition) is 3. The van der Waals surface area contributed by atoms with Crippen molar-refractivity contribution in [3.05, 3.63) is 210 Å². The molecule has 0 unspecified atom stereocenters. The fraction of sp³-hybridized carbons (Fsp3) is 0.0426. The van der Waals surface area contributed by atoms with Gasteiger partial charge >= 0.3 is 0 Å². The van der Waals surface area contributed by atoms with Crippen LogP contribution in [0.1, 0.15) is 43.0 Å². The summed E-state index contributed by atoms with van der Waals surface area (Å²) in [6.07, 6.45) is 3.24. The number of benzene rings is 7. The predicted molar refractivity (Wildman–Crippen MR) is 206 cm³/mol. The quantitative estimate of drug-likeness (QED) is 0.169. The molecule has 0 aliphatic carbocycles. The molecule has 0 aliphatic rings. The standard InChI is InChI=1S/C35H26O.C12H9NO/c1-23-11-7-21-31(29-19-9-15-25-13-3-5-17-27(25)29)33(23)35(36)34-24(2)12-8-22-32(34)30-20-10-16-26-14-4-6-18-28(26)30;14-12(10-4-2-1-3-5-10)11-6-8-13-9-7-11/h3-22H,1-2H3;1-9H. The maximum absolute atomic E-state index is 14.5. The van der Waals surface area contributed by atoms with Gasteiger partial charge in [0.1, 0.15) is 0 Å². The molecule has 0 fully saturated rings. The van der Waals surface area contributed by atoms with E-state index in [0.717, 1.165) is 55.3 Å². The molecule has 0 radical (unpaired) electrons. The first-order valence-electron chi connectivity index (χ1n) is 16.7. The van der Waals surface area contributed by atoms with Crippen molar-refractivity contribution >= 4 is 33.1 Å². The summed E-state index contributed by atoms with van der Waals surface area (Å²) in [5.41, 5.74) is 9.00. The van der Waals surface area contributed by atoms with Gasteiger partial charge in [-0.05, 0) is 80.9 Å². The second-order valence-corrected chi connectivity index (χ2v) is 12.3. The molecule has 0 N–H and O–H groups in total. The van der Waals surface area contributed by atoms with Crippen molar-refractivity contribution in [2.75, 3.05) is 0 Å². The van der Waals surface area contributed by atoms with Gasteiger partial charge in [0.05, 0.1) is 0 Å². The fourth-order valence-electron chi connectivity index (χ4n) is 6.69. The van der Waals surface area contributed by atoms with Gasteiger partial charge < -0.3 is 0 Å². The summed E-state index contributed by atoms with van der Waals surface area (Å²) in [7, 11) is 0. The Labute approximate surface area is 292 Å². The van der Waals surface area contributed by atoms with Gasteiger partial charge in [0.2, 0.25) is 0 Å². The van der Waals surface area contributed by atoms with E-state index in [9.17, 15) is 9.59 Å². The number of rotatable bonds is 6. The maximum atomic E-state index is 14.5. The number of ketones is 2. The van der Waals surface area contributed by atoms with Crippen LogP contribution in [-0.4, -0.2) is 16.6 Å². The molecule has 240 valence electrons. The highest BCUT2D eigenvalue weighted by molar-refractivity contribution is 6.19. The molecule has 50 heavy (non-hydrogen) atoms. The SMILES string of the molecule is Cc1cccc(-c2cccc3ccccc23)c1C(=O)c1c(C)cccc1-c1cccc2ccccc12.O=C(c1ccccc1)c1ccncc1. The van der Waals surface area contributed by atoms with Gasteiger partial charge in [-0.3, -0.25) is 14.6 Å². The van der Waals surface area contributed by atoms with Crippen LogP contribution in [0.2, 0.25) is 0 Å². The van der Waals surface area contributed by atoms with Gasteiger partial charge in [-0.15, -0.1) is 0 Å². The maximum Gasteiger partial charge on any atom is 0.194 e. The van der Waals surface area contributed by atoms with Gasteiger partial charge in [-0.25, -0.2) is 0 Å². The van der Waals surface area contributed by atoms with E-state index < -0.39 is 0 Å². The zero-order valence-electron chi connectivity index (χ0n) is 28.0. The van der Waals surface area contributed by atoms with Crippen LogP contribution in [-0.2, 0) is 0 Å². The highest BCUT2D eigenvalue weighted by Crippen LogP contribution is 2.38. The van der Waals surface area contributed by atoms with Crippen molar-refractivity contribution in [1.29, 1.82) is 0 Å². The number of pyridine rings is 1. The highest BCUT2D eigenvalue weighted by Gasteiger charge is 2.23. The van der Waals surface area contributed by atoms with E-state index >= 15 is 0 Å². The number of carbonyl (C=O) groups is 2. The number of aryl methyl sites for hydroxylation is 2. The Kier molecular flexibility index (Phi) is 9.22. The van der Waals surface area contributed by atoms with Gasteiger partial charge in [0.15, 0.2) is 11.6 Å². The van der Waals surface area contributed by atoms with Crippen molar-refractivity contribution in [2.24, 2.45) is 0 Å². The van der Waals surface area contributed by atoms with Crippen molar-refractivity contribution in [3.63, 3.8) is 0 Å². The molecule has 1 aromatic heterocycles. The zero-order valence-corrected chi connectivity index (χ0v) is 28.0. The fourth-order valence-corrected chi connectivity index (χ4v) is 6.69. The third-order valence-corrected chi connectivity index (χ3v) is 9.14. The average molecular weight is 646 g/mol. The highest BCUT2D eigenvalue weighted by atomic mass is 16.1. The lowest BCUT2D eigenvalue weighted by Crippen LogP contribution is -2.10. The van der Waals surface area contributed by atoms with Crippen LogP contribution in [0.4, 0.5) is 0 Å². The summed E-state index contributed by atoms with van der Waals surface area (Å²) >= 11 is 0. The number of nitrogens with zero attached hydrogens (tertiary/aromatic N) is 1. The molecule has 0 bridgehead atoms. The lowest BCUT2D eigenvalue weighted by atomic mass is 9.84. The van der Waals surface area contributed by atoms with Crippen molar-refractivity contribution in [2.45, 2.75) is 13.8 Å². The summed E-state index contributed by atoms with van der Waals surface area (Å²) in [6, 6.07) is 54.4. The number of carbonyl (C=O) groups excluding carboxylic acids is 2. The lowest BCUT2D eigenvalue weighted by molar-refractivity contribution is 0.103. The molecule has 0 saturated carbocycles. The Balaban J connectivity index is 0.000000234. The topological polar surface area (TPSA) is 47.0 Å². The van der Waals surface area contributed by atoms with Crippen LogP contribution in [0, 0.1) is 13.8 Å². The van der Waals surface area contributed by atoms with E-state index in [1.54, 1.807) is 24.5 Å². The van der Waals surface area contributed by atoms with E-state index in [-0.39, 0.29) is 11.6 Å². The second-order valence-electron chi connectivity index (χ2n) is 12.3. The minimum atomic E-state index is 0.0352. The van der Waals surface area contributed by atoms with Crippen LogP contribution in [0.5, 0.6) is 0 Å². The van der Waals surface area contributed by atoms with Gasteiger partial charge in [-0.2, -0.15) is 0 Å². The van der Waals surface area contributed by atoms with Crippen LogP contribution < -0.4 is 0 Å². The summed E-state index contributed by atoms with van der Waals surface area (Å²) in [6.45, 7) is 4.08. The molecule has 0 atom stereocenters. The average Bonchev–Trinajstić information content (AvgIpc) is 3.17. The first kappa shape index (κ1) is 32.1. The van der Waals surface area contributed by atoms with E-state index in [1.807, 2.05) is 68.4 Å². The number of aromatic nitrogens is 1. The smallest absolute Gasteiger partial charge is 0.194 e. The molecule has 3 nitrogen and oxygen atoms in total. The molecule has 0 spiro atoms. The van der Waals surface area contributed by atoms with Crippen molar-refractivity contribution < 1.29 is 9.59 Å². The minimum absolute atomic E-state index is 0.0352. The van der Waals surface area contributed by atoms with E-state index in [1.165, 1.54) is 10.8 Å². The van der Waals surface area contributed by atoms with Gasteiger partial charge in [-0.1, -0.05) is 152 Å². The molecular formula is C47H35NO2. The monoisotopic (exact) mass is 645 g/mol. The second kappa shape index (κ2) is 14.3. The molecule has 0 saturated heterocycles. The molecule has 3 heteroatoms. The van der Waals surface area contributed by atoms with Gasteiger partial charge in [0.25, 0.3) is 0 Å². The Bertz CT molecular complexity index is 2300. The predicted octanol–water partition coefficient (Wildman–Crippen LogP) is 11.5. The molecule has 7 aromatic carbocycles. The number of hydrogen-bond donors (Lipinski definition) is 0. The molecule has 8 aromatic rings. The van der Waals surface area contributed by atoms with Crippen LogP contribution in [0.25, 0.3) is 43.8 Å². The Hall–Kier alpha value is -6.45. The Morgan fingerprint density at radius 1 is 0.380 bits per heavy atom. The zero-order chi connectivity index (χ0) is 34.5. The Morgan fingerprint density at radius 2 is 0.780 bits per heavy atom. The summed E-state index contributed by atoms with van der Waals surface area (Å²) in [5.74, 6) is 0.102. The van der Waals surface area contributed by atoms with E-state index in [4.69, 9.17) is 0 Å². The third-order valence-electron chi connectivity index (χ3n) is 9.14. The van der Waals surface area contributed by atoms with Crippen LogP contribution in [0.15, 0.2) is 176 Å². The Morgan fingerprint density at radius 3 is 1.30 bits per heavy atom. The molecular weight excluding hydrogens is 611 g/mol. The summed E-state index contributed by atoms with van der Waals surface area (Å²) < 4.78 is 0. The lowest BCUT2D eigenvalue weighted by Gasteiger charge is -2.18. The summed E-state index contributed by atoms with van der Waals surface area (Å²) in [5, 5.41) is 4.64. The molecule has 1 heterocycles. The first-order valence-corrected chi connectivity index (χ1v) is 16.7. The molecule has 0 aliphatic heterocycles. The van der Waals surface area contributed by atoms with Crippen molar-refractivity contribution in [1.82, 2.24) is 4.98 Å². The van der Waals surface area contributed by atoms with Crippen LogP contribution in [0.3, 0.4) is 0 Å². The third kappa shape index (κ3) is 6.37. The van der Waals surface area contributed by atoms with Crippen molar-refractivity contribution in [3.8, 4) is 22.3 Å². The normalized spacial score (nSPS) is 10.8. The van der Waals surface area contributed by atoms with E-state index in [0.29, 0.717) is 11.1 Å². The molecule has 8 rings (SSSR count). The molecule has 0 amide bonds. The van der Waals surface area contributed by atoms with E-state index in [2.05, 4.69) is 102 Å². The first-order chi connectivity index (χ1) is 24.5. The van der Waals surface area contributed by atoms with Gasteiger partial charge in [0, 0.05) is 34.6 Å². The minimum Gasteiger partial charge on any atom is -0.289 e. The largest absolute Gasteiger partial charge is 0.289 e.